The minimum atomic E-state index is -0.511. The zero-order valence-corrected chi connectivity index (χ0v) is 18.3. The van der Waals surface area contributed by atoms with Crippen LogP contribution in [0.1, 0.15) is 22.7 Å². The monoisotopic (exact) mass is 436 g/mol. The predicted molar refractivity (Wildman–Crippen MR) is 127 cm³/mol. The fourth-order valence-corrected chi connectivity index (χ4v) is 3.52. The molecule has 0 fully saturated rings. The van der Waals surface area contributed by atoms with Crippen molar-refractivity contribution in [2.45, 2.75) is 12.5 Å². The van der Waals surface area contributed by atoms with Crippen LogP contribution in [-0.4, -0.2) is 27.2 Å². The first-order chi connectivity index (χ1) is 16.1. The van der Waals surface area contributed by atoms with E-state index < -0.39 is 6.04 Å². The molecule has 2 heterocycles. The van der Waals surface area contributed by atoms with Crippen molar-refractivity contribution in [2.24, 2.45) is 7.05 Å². The van der Waals surface area contributed by atoms with E-state index in [0.717, 1.165) is 28.8 Å². The third-order valence-corrected chi connectivity index (χ3v) is 5.27. The number of rotatable bonds is 8. The number of nitrogens with zero attached hydrogens (tertiary/aromatic N) is 4. The summed E-state index contributed by atoms with van der Waals surface area (Å²) in [4.78, 5) is 17.6. The Balaban J connectivity index is 1.42. The van der Waals surface area contributed by atoms with E-state index in [0.29, 0.717) is 17.8 Å². The average Bonchev–Trinajstić information content (AvgIpc) is 3.29. The molecule has 0 aliphatic carbocycles. The van der Waals surface area contributed by atoms with Gasteiger partial charge in [0.05, 0.1) is 35.4 Å². The van der Waals surface area contributed by atoms with Crippen LogP contribution in [0.5, 0.6) is 0 Å². The third kappa shape index (κ3) is 5.70. The van der Waals surface area contributed by atoms with Crippen molar-refractivity contribution in [3.63, 3.8) is 0 Å². The number of aromatic nitrogens is 3. The molecule has 2 aromatic carbocycles. The third-order valence-electron chi connectivity index (χ3n) is 5.27. The fourth-order valence-electron chi connectivity index (χ4n) is 3.52. The molecule has 7 heteroatoms. The Morgan fingerprint density at radius 1 is 1.06 bits per heavy atom. The second kappa shape index (κ2) is 10.4. The maximum atomic E-state index is 13.1. The van der Waals surface area contributed by atoms with Crippen LogP contribution >= 0.6 is 0 Å². The highest BCUT2D eigenvalue weighted by Gasteiger charge is 2.20. The molecular formula is C26H24N6O. The summed E-state index contributed by atoms with van der Waals surface area (Å²) in [6, 6.07) is 22.4. The lowest BCUT2D eigenvalue weighted by Crippen LogP contribution is -2.34. The summed E-state index contributed by atoms with van der Waals surface area (Å²) in [7, 11) is 1.86. The van der Waals surface area contributed by atoms with E-state index in [-0.39, 0.29) is 5.91 Å². The molecular weight excluding hydrogens is 412 g/mol. The van der Waals surface area contributed by atoms with Gasteiger partial charge < -0.3 is 10.6 Å². The second-order valence-corrected chi connectivity index (χ2v) is 7.68. The zero-order chi connectivity index (χ0) is 23.0. The van der Waals surface area contributed by atoms with Crippen LogP contribution in [0.3, 0.4) is 0 Å². The highest BCUT2D eigenvalue weighted by molar-refractivity contribution is 5.95. The van der Waals surface area contributed by atoms with Crippen molar-refractivity contribution < 1.29 is 4.79 Å². The number of carbonyl (C=O) groups excluding carboxylic acids is 1. The van der Waals surface area contributed by atoms with Crippen molar-refractivity contribution in [1.29, 1.82) is 5.26 Å². The SMILES string of the molecule is Cn1cc(-c2ccc(NC(=O)[C@@H](NCCc3ccc(C#N)cc3)c3ccccc3)cn2)cn1. The van der Waals surface area contributed by atoms with Crippen LogP contribution < -0.4 is 10.6 Å². The Hall–Kier alpha value is -4.28. The normalized spacial score (nSPS) is 11.5. The van der Waals surface area contributed by atoms with Crippen molar-refractivity contribution in [3.8, 4) is 17.3 Å². The van der Waals surface area contributed by atoms with Gasteiger partial charge in [0.15, 0.2) is 0 Å². The maximum absolute atomic E-state index is 13.1. The molecule has 2 aromatic heterocycles. The molecule has 7 nitrogen and oxygen atoms in total. The maximum Gasteiger partial charge on any atom is 0.246 e. The van der Waals surface area contributed by atoms with Crippen LogP contribution in [0.25, 0.3) is 11.3 Å². The van der Waals surface area contributed by atoms with Gasteiger partial charge in [-0.15, -0.1) is 0 Å². The van der Waals surface area contributed by atoms with Crippen molar-refractivity contribution in [3.05, 3.63) is 102 Å². The Labute approximate surface area is 192 Å². The second-order valence-electron chi connectivity index (χ2n) is 7.68. The molecule has 0 bridgehead atoms. The number of hydrogen-bond donors (Lipinski definition) is 2. The van der Waals surface area contributed by atoms with Gasteiger partial charge in [-0.1, -0.05) is 42.5 Å². The van der Waals surface area contributed by atoms with Gasteiger partial charge in [-0.2, -0.15) is 10.4 Å². The topological polar surface area (TPSA) is 95.6 Å². The summed E-state index contributed by atoms with van der Waals surface area (Å²) in [6.45, 7) is 0.608. The molecule has 0 aliphatic heterocycles. The number of pyridine rings is 1. The Morgan fingerprint density at radius 3 is 2.48 bits per heavy atom. The predicted octanol–water partition coefficient (Wildman–Crippen LogP) is 3.87. The van der Waals surface area contributed by atoms with E-state index >= 15 is 0 Å². The van der Waals surface area contributed by atoms with Gasteiger partial charge in [0.1, 0.15) is 6.04 Å². The zero-order valence-electron chi connectivity index (χ0n) is 18.3. The fraction of sp³-hybridized carbons (Fsp3) is 0.154. The van der Waals surface area contributed by atoms with Crippen LogP contribution in [0, 0.1) is 11.3 Å². The Bertz CT molecular complexity index is 1240. The summed E-state index contributed by atoms with van der Waals surface area (Å²) in [6.07, 6.45) is 6.04. The van der Waals surface area contributed by atoms with E-state index in [1.165, 1.54) is 0 Å². The average molecular weight is 437 g/mol. The largest absolute Gasteiger partial charge is 0.323 e. The van der Waals surface area contributed by atoms with Gasteiger partial charge in [0, 0.05) is 25.4 Å². The van der Waals surface area contributed by atoms with Crippen LogP contribution in [-0.2, 0) is 18.3 Å². The van der Waals surface area contributed by atoms with E-state index in [2.05, 4.69) is 26.8 Å². The Morgan fingerprint density at radius 2 is 1.85 bits per heavy atom. The molecule has 0 saturated carbocycles. The van der Waals surface area contributed by atoms with Gasteiger partial charge in [0.2, 0.25) is 5.91 Å². The molecule has 0 saturated heterocycles. The summed E-state index contributed by atoms with van der Waals surface area (Å²) in [5.41, 5.74) is 4.96. The minimum absolute atomic E-state index is 0.156. The van der Waals surface area contributed by atoms with Gasteiger partial charge in [-0.3, -0.25) is 14.5 Å². The van der Waals surface area contributed by atoms with Crippen molar-refractivity contribution in [1.82, 2.24) is 20.1 Å². The molecule has 33 heavy (non-hydrogen) atoms. The lowest BCUT2D eigenvalue weighted by atomic mass is 10.0. The summed E-state index contributed by atoms with van der Waals surface area (Å²) < 4.78 is 1.72. The summed E-state index contributed by atoms with van der Waals surface area (Å²) >= 11 is 0. The van der Waals surface area contributed by atoms with Crippen LogP contribution in [0.2, 0.25) is 0 Å². The number of benzene rings is 2. The number of anilines is 1. The van der Waals surface area contributed by atoms with E-state index in [1.54, 1.807) is 29.2 Å². The lowest BCUT2D eigenvalue weighted by Gasteiger charge is -2.19. The molecule has 4 rings (SSSR count). The first-order valence-electron chi connectivity index (χ1n) is 10.7. The molecule has 4 aromatic rings. The van der Waals surface area contributed by atoms with E-state index in [9.17, 15) is 4.79 Å². The lowest BCUT2D eigenvalue weighted by molar-refractivity contribution is -0.118. The summed E-state index contributed by atoms with van der Waals surface area (Å²) in [5.74, 6) is -0.156. The number of hydrogen-bond acceptors (Lipinski definition) is 5. The molecule has 0 spiro atoms. The molecule has 2 N–H and O–H groups in total. The minimum Gasteiger partial charge on any atom is -0.323 e. The van der Waals surface area contributed by atoms with Crippen LogP contribution in [0.4, 0.5) is 5.69 Å². The molecule has 0 radical (unpaired) electrons. The first-order valence-corrected chi connectivity index (χ1v) is 10.7. The molecule has 0 aliphatic rings. The van der Waals surface area contributed by atoms with Gasteiger partial charge in [-0.25, -0.2) is 0 Å². The first kappa shape index (κ1) is 21.9. The molecule has 164 valence electrons. The van der Waals surface area contributed by atoms with E-state index in [4.69, 9.17) is 5.26 Å². The number of aryl methyl sites for hydroxylation is 1. The Kier molecular flexibility index (Phi) is 6.88. The van der Waals surface area contributed by atoms with Gasteiger partial charge in [-0.05, 0) is 41.8 Å². The van der Waals surface area contributed by atoms with Gasteiger partial charge in [0.25, 0.3) is 0 Å². The number of amides is 1. The standard InChI is InChI=1S/C26H24N6O/c1-32-18-22(16-30-32)24-12-11-23(17-29-24)31-26(33)25(21-5-3-2-4-6-21)28-14-13-19-7-9-20(15-27)10-8-19/h2-12,16-18,25,28H,13-14H2,1H3,(H,31,33)/t25-/m0/s1. The molecule has 1 atom stereocenters. The number of nitriles is 1. The molecule has 1 amide bonds. The van der Waals surface area contributed by atoms with Crippen molar-refractivity contribution in [2.75, 3.05) is 11.9 Å². The smallest absolute Gasteiger partial charge is 0.246 e. The summed E-state index contributed by atoms with van der Waals surface area (Å²) in [5, 5.41) is 19.4. The van der Waals surface area contributed by atoms with Crippen molar-refractivity contribution >= 4 is 11.6 Å². The number of nitrogens with one attached hydrogen (secondary N) is 2. The highest BCUT2D eigenvalue weighted by Crippen LogP contribution is 2.20. The number of carbonyl (C=O) groups is 1. The van der Waals surface area contributed by atoms with Gasteiger partial charge >= 0.3 is 0 Å². The van der Waals surface area contributed by atoms with E-state index in [1.807, 2.05) is 67.8 Å². The van der Waals surface area contributed by atoms with Crippen LogP contribution in [0.15, 0.2) is 85.3 Å². The molecule has 0 unspecified atom stereocenters. The quantitative estimate of drug-likeness (QED) is 0.437. The highest BCUT2D eigenvalue weighted by atomic mass is 16.2.